The standard InChI is InChI=1S/C5H8N2O/c6-4-2-1-3-5(7)8-4/h1-2,5-6H,3,7H2. The van der Waals surface area contributed by atoms with Gasteiger partial charge in [0.2, 0.25) is 5.90 Å². The Labute approximate surface area is 47.6 Å². The molecule has 1 aliphatic heterocycles. The second kappa shape index (κ2) is 1.96. The van der Waals surface area contributed by atoms with E-state index in [-0.39, 0.29) is 12.1 Å². The van der Waals surface area contributed by atoms with E-state index in [0.29, 0.717) is 6.42 Å². The van der Waals surface area contributed by atoms with E-state index in [4.69, 9.17) is 15.9 Å². The molecule has 1 aliphatic rings. The van der Waals surface area contributed by atoms with Gasteiger partial charge in [0, 0.05) is 6.42 Å². The maximum absolute atomic E-state index is 6.93. The Morgan fingerprint density at radius 2 is 2.62 bits per heavy atom. The second-order valence-electron chi connectivity index (χ2n) is 1.66. The molecule has 3 N–H and O–H groups in total. The monoisotopic (exact) mass is 112 g/mol. The topological polar surface area (TPSA) is 59.1 Å². The molecule has 0 radical (unpaired) electrons. The van der Waals surface area contributed by atoms with Crippen LogP contribution in [0.2, 0.25) is 0 Å². The van der Waals surface area contributed by atoms with Gasteiger partial charge in [0.05, 0.1) is 0 Å². The quantitative estimate of drug-likeness (QED) is 0.471. The summed E-state index contributed by atoms with van der Waals surface area (Å²) < 4.78 is 4.76. The molecule has 44 valence electrons. The van der Waals surface area contributed by atoms with Gasteiger partial charge in [0.25, 0.3) is 0 Å². The Bertz CT molecular complexity index is 130. The minimum atomic E-state index is -0.299. The average Bonchev–Trinajstić information content (AvgIpc) is 1.64. The summed E-state index contributed by atoms with van der Waals surface area (Å²) in [4.78, 5) is 0. The predicted molar refractivity (Wildman–Crippen MR) is 30.5 cm³/mol. The van der Waals surface area contributed by atoms with Crippen molar-refractivity contribution in [1.29, 1.82) is 5.41 Å². The smallest absolute Gasteiger partial charge is 0.206 e. The van der Waals surface area contributed by atoms with Gasteiger partial charge in [0.15, 0.2) is 6.23 Å². The summed E-state index contributed by atoms with van der Waals surface area (Å²) in [5.74, 6) is 0.156. The number of hydrogen-bond donors (Lipinski definition) is 2. The fourth-order valence-corrected chi connectivity index (χ4v) is 0.560. The lowest BCUT2D eigenvalue weighted by Gasteiger charge is -2.14. The highest BCUT2D eigenvalue weighted by molar-refractivity contribution is 5.85. The zero-order chi connectivity index (χ0) is 5.98. The number of rotatable bonds is 0. The first kappa shape index (κ1) is 5.31. The number of hydrogen-bond acceptors (Lipinski definition) is 3. The summed E-state index contributed by atoms with van der Waals surface area (Å²) in [7, 11) is 0. The highest BCUT2D eigenvalue weighted by atomic mass is 16.5. The zero-order valence-electron chi connectivity index (χ0n) is 4.42. The van der Waals surface area contributed by atoms with E-state index < -0.39 is 0 Å². The molecule has 1 heterocycles. The molecule has 1 atom stereocenters. The molecule has 8 heavy (non-hydrogen) atoms. The zero-order valence-corrected chi connectivity index (χ0v) is 4.42. The predicted octanol–water partition coefficient (Wildman–Crippen LogP) is 0.225. The minimum Gasteiger partial charge on any atom is -0.459 e. The molecule has 0 fully saturated rings. The van der Waals surface area contributed by atoms with Crippen LogP contribution in [0.15, 0.2) is 12.2 Å². The lowest BCUT2D eigenvalue weighted by atomic mass is 10.3. The molecule has 0 aromatic heterocycles. The Morgan fingerprint density at radius 3 is 3.00 bits per heavy atom. The van der Waals surface area contributed by atoms with Gasteiger partial charge >= 0.3 is 0 Å². The summed E-state index contributed by atoms with van der Waals surface area (Å²) in [6.07, 6.45) is 3.84. The summed E-state index contributed by atoms with van der Waals surface area (Å²) >= 11 is 0. The summed E-state index contributed by atoms with van der Waals surface area (Å²) in [5.41, 5.74) is 5.31. The third kappa shape index (κ3) is 1.07. The van der Waals surface area contributed by atoms with Crippen LogP contribution in [0.4, 0.5) is 0 Å². The Morgan fingerprint density at radius 1 is 1.88 bits per heavy atom. The Hall–Kier alpha value is -0.830. The van der Waals surface area contributed by atoms with Crippen LogP contribution >= 0.6 is 0 Å². The van der Waals surface area contributed by atoms with E-state index in [9.17, 15) is 0 Å². The fourth-order valence-electron chi connectivity index (χ4n) is 0.560. The van der Waals surface area contributed by atoms with Crippen LogP contribution < -0.4 is 5.73 Å². The maximum Gasteiger partial charge on any atom is 0.206 e. The maximum atomic E-state index is 6.93. The minimum absolute atomic E-state index is 0.156. The molecule has 0 amide bonds. The first-order chi connectivity index (χ1) is 3.79. The van der Waals surface area contributed by atoms with Gasteiger partial charge in [-0.15, -0.1) is 0 Å². The van der Waals surface area contributed by atoms with E-state index in [0.717, 1.165) is 0 Å². The third-order valence-corrected chi connectivity index (χ3v) is 0.916. The van der Waals surface area contributed by atoms with Crippen molar-refractivity contribution in [2.24, 2.45) is 5.73 Å². The molecule has 0 saturated carbocycles. The van der Waals surface area contributed by atoms with Crippen LogP contribution in [0.3, 0.4) is 0 Å². The molecule has 3 heteroatoms. The number of ether oxygens (including phenoxy) is 1. The van der Waals surface area contributed by atoms with E-state index in [1.807, 2.05) is 6.08 Å². The van der Waals surface area contributed by atoms with Crippen LogP contribution in [0.5, 0.6) is 0 Å². The van der Waals surface area contributed by atoms with E-state index in [2.05, 4.69) is 0 Å². The van der Waals surface area contributed by atoms with E-state index in [1.54, 1.807) is 6.08 Å². The highest BCUT2D eigenvalue weighted by Crippen LogP contribution is 2.00. The first-order valence-electron chi connectivity index (χ1n) is 2.46. The summed E-state index contributed by atoms with van der Waals surface area (Å²) in [5, 5.41) is 6.93. The molecule has 1 rings (SSSR count). The normalized spacial score (nSPS) is 27.6. The van der Waals surface area contributed by atoms with E-state index >= 15 is 0 Å². The van der Waals surface area contributed by atoms with Crippen molar-refractivity contribution < 1.29 is 4.74 Å². The molecule has 0 aromatic rings. The molecular weight excluding hydrogens is 104 g/mol. The molecule has 0 aromatic carbocycles. The summed E-state index contributed by atoms with van der Waals surface area (Å²) in [6.45, 7) is 0. The number of nitrogens with one attached hydrogen (secondary N) is 1. The molecule has 0 spiro atoms. The van der Waals surface area contributed by atoms with Crippen LogP contribution in [0.1, 0.15) is 6.42 Å². The molecule has 0 saturated heterocycles. The van der Waals surface area contributed by atoms with Gasteiger partial charge in [-0.05, 0) is 6.08 Å². The van der Waals surface area contributed by atoms with Crippen LogP contribution in [0, 0.1) is 5.41 Å². The van der Waals surface area contributed by atoms with Crippen molar-refractivity contribution >= 4 is 5.90 Å². The molecule has 1 unspecified atom stereocenters. The van der Waals surface area contributed by atoms with Gasteiger partial charge in [-0.1, -0.05) is 6.08 Å². The molecule has 0 bridgehead atoms. The van der Waals surface area contributed by atoms with Crippen LogP contribution in [0.25, 0.3) is 0 Å². The van der Waals surface area contributed by atoms with Gasteiger partial charge in [-0.2, -0.15) is 0 Å². The Balaban J connectivity index is 2.54. The first-order valence-corrected chi connectivity index (χ1v) is 2.46. The van der Waals surface area contributed by atoms with Gasteiger partial charge in [-0.3, -0.25) is 11.1 Å². The van der Waals surface area contributed by atoms with Gasteiger partial charge in [0.1, 0.15) is 0 Å². The van der Waals surface area contributed by atoms with Gasteiger partial charge < -0.3 is 4.74 Å². The van der Waals surface area contributed by atoms with Gasteiger partial charge in [-0.25, -0.2) is 0 Å². The lowest BCUT2D eigenvalue weighted by Crippen LogP contribution is -2.27. The molecule has 0 aliphatic carbocycles. The van der Waals surface area contributed by atoms with Crippen LogP contribution in [-0.4, -0.2) is 12.1 Å². The van der Waals surface area contributed by atoms with Crippen molar-refractivity contribution in [2.75, 3.05) is 0 Å². The van der Waals surface area contributed by atoms with Crippen molar-refractivity contribution in [3.8, 4) is 0 Å². The van der Waals surface area contributed by atoms with Crippen molar-refractivity contribution in [2.45, 2.75) is 12.6 Å². The largest absolute Gasteiger partial charge is 0.459 e. The van der Waals surface area contributed by atoms with Crippen molar-refractivity contribution in [1.82, 2.24) is 0 Å². The SMILES string of the molecule is N=C1C=CCC(N)O1. The van der Waals surface area contributed by atoms with E-state index in [1.165, 1.54) is 0 Å². The molecule has 3 nitrogen and oxygen atoms in total. The Kier molecular flexibility index (Phi) is 1.30. The third-order valence-electron chi connectivity index (χ3n) is 0.916. The fraction of sp³-hybridized carbons (Fsp3) is 0.400. The second-order valence-corrected chi connectivity index (χ2v) is 1.66. The average molecular weight is 112 g/mol. The lowest BCUT2D eigenvalue weighted by molar-refractivity contribution is 0.193. The van der Waals surface area contributed by atoms with Crippen molar-refractivity contribution in [3.63, 3.8) is 0 Å². The summed E-state index contributed by atoms with van der Waals surface area (Å²) in [6, 6.07) is 0. The highest BCUT2D eigenvalue weighted by Gasteiger charge is 2.06. The van der Waals surface area contributed by atoms with Crippen LogP contribution in [-0.2, 0) is 4.74 Å². The number of nitrogens with two attached hydrogens (primary N) is 1. The van der Waals surface area contributed by atoms with Crippen molar-refractivity contribution in [3.05, 3.63) is 12.2 Å². The molecular formula is C5H8N2O.